The molecule has 0 unspecified atom stereocenters. The topological polar surface area (TPSA) is 57.2 Å². The summed E-state index contributed by atoms with van der Waals surface area (Å²) in [6.07, 6.45) is 0.881. The van der Waals surface area contributed by atoms with Crippen molar-refractivity contribution in [2.75, 3.05) is 12.8 Å². The van der Waals surface area contributed by atoms with E-state index < -0.39 is 0 Å². The number of benzene rings is 1. The number of aromatic nitrogens is 1. The molecule has 0 atom stereocenters. The first-order chi connectivity index (χ1) is 9.17. The van der Waals surface area contributed by atoms with E-state index in [4.69, 9.17) is 10.5 Å². The van der Waals surface area contributed by atoms with E-state index >= 15 is 0 Å². The molecule has 1 aromatic heterocycles. The summed E-state index contributed by atoms with van der Waals surface area (Å²) in [5.41, 5.74) is 7.70. The second kappa shape index (κ2) is 5.61. The first kappa shape index (κ1) is 13.2. The van der Waals surface area contributed by atoms with Gasteiger partial charge in [-0.3, -0.25) is 4.79 Å². The fourth-order valence-corrected chi connectivity index (χ4v) is 2.05. The summed E-state index contributed by atoms with van der Waals surface area (Å²) < 4.78 is 6.86. The second-order valence-electron chi connectivity index (χ2n) is 4.36. The normalized spacial score (nSPS) is 10.4. The van der Waals surface area contributed by atoms with Crippen LogP contribution in [-0.4, -0.2) is 11.7 Å². The SMILES string of the molecule is CCCn1c(-c2ccc(OC)cc2)ccc(N)c1=O. The van der Waals surface area contributed by atoms with E-state index in [-0.39, 0.29) is 11.2 Å². The Balaban J connectivity index is 2.54. The van der Waals surface area contributed by atoms with E-state index in [2.05, 4.69) is 0 Å². The Kier molecular flexibility index (Phi) is 3.90. The van der Waals surface area contributed by atoms with Crippen LogP contribution in [0.25, 0.3) is 11.3 Å². The minimum atomic E-state index is -0.129. The minimum Gasteiger partial charge on any atom is -0.497 e. The highest BCUT2D eigenvalue weighted by molar-refractivity contribution is 5.62. The number of hydrogen-bond acceptors (Lipinski definition) is 3. The highest BCUT2D eigenvalue weighted by Crippen LogP contribution is 2.22. The zero-order valence-electron chi connectivity index (χ0n) is 11.2. The van der Waals surface area contributed by atoms with Gasteiger partial charge in [0.15, 0.2) is 0 Å². The fraction of sp³-hybridized carbons (Fsp3) is 0.267. The first-order valence-corrected chi connectivity index (χ1v) is 6.31. The standard InChI is InChI=1S/C15H18N2O2/c1-3-10-17-14(9-8-13(16)15(17)18)11-4-6-12(19-2)7-5-11/h4-9H,3,10,16H2,1-2H3. The van der Waals surface area contributed by atoms with Crippen molar-refractivity contribution in [1.29, 1.82) is 0 Å². The Morgan fingerprint density at radius 3 is 2.42 bits per heavy atom. The second-order valence-corrected chi connectivity index (χ2v) is 4.36. The zero-order valence-corrected chi connectivity index (χ0v) is 11.2. The molecule has 1 heterocycles. The molecule has 0 aliphatic heterocycles. The average molecular weight is 258 g/mol. The van der Waals surface area contributed by atoms with Gasteiger partial charge in [0.25, 0.3) is 5.56 Å². The molecule has 2 rings (SSSR count). The van der Waals surface area contributed by atoms with Gasteiger partial charge in [0.1, 0.15) is 5.75 Å². The van der Waals surface area contributed by atoms with Gasteiger partial charge in [0.05, 0.1) is 18.5 Å². The lowest BCUT2D eigenvalue weighted by molar-refractivity contribution is 0.415. The van der Waals surface area contributed by atoms with E-state index in [1.54, 1.807) is 17.7 Å². The molecule has 0 spiro atoms. The third-order valence-corrected chi connectivity index (χ3v) is 3.04. The van der Waals surface area contributed by atoms with Crippen LogP contribution in [0.1, 0.15) is 13.3 Å². The van der Waals surface area contributed by atoms with Crippen LogP contribution in [-0.2, 0) is 6.54 Å². The molecule has 1 aromatic carbocycles. The predicted octanol–water partition coefficient (Wildman–Crippen LogP) is 2.52. The maximum atomic E-state index is 12.1. The predicted molar refractivity (Wildman–Crippen MR) is 77.4 cm³/mol. The van der Waals surface area contributed by atoms with Crippen LogP contribution < -0.4 is 16.0 Å². The smallest absolute Gasteiger partial charge is 0.274 e. The molecule has 4 heteroatoms. The van der Waals surface area contributed by atoms with Crippen LogP contribution in [0.4, 0.5) is 5.69 Å². The summed E-state index contributed by atoms with van der Waals surface area (Å²) in [5, 5.41) is 0. The van der Waals surface area contributed by atoms with Gasteiger partial charge in [-0.05, 0) is 48.4 Å². The van der Waals surface area contributed by atoms with Crippen LogP contribution in [0.2, 0.25) is 0 Å². The molecule has 0 aliphatic carbocycles. The third kappa shape index (κ3) is 2.62. The van der Waals surface area contributed by atoms with Crippen molar-refractivity contribution < 1.29 is 4.74 Å². The van der Waals surface area contributed by atoms with E-state index in [1.165, 1.54) is 0 Å². The summed E-state index contributed by atoms with van der Waals surface area (Å²) in [7, 11) is 1.63. The molecule has 0 bridgehead atoms. The summed E-state index contributed by atoms with van der Waals surface area (Å²) >= 11 is 0. The number of rotatable bonds is 4. The van der Waals surface area contributed by atoms with Crippen molar-refractivity contribution in [3.05, 3.63) is 46.8 Å². The van der Waals surface area contributed by atoms with Crippen molar-refractivity contribution in [2.24, 2.45) is 0 Å². The van der Waals surface area contributed by atoms with Gasteiger partial charge in [-0.2, -0.15) is 0 Å². The lowest BCUT2D eigenvalue weighted by Gasteiger charge is -2.13. The lowest BCUT2D eigenvalue weighted by atomic mass is 10.1. The summed E-state index contributed by atoms with van der Waals surface area (Å²) in [6, 6.07) is 11.2. The Hall–Kier alpha value is -2.23. The summed E-state index contributed by atoms with van der Waals surface area (Å²) in [6.45, 7) is 2.69. The monoisotopic (exact) mass is 258 g/mol. The Morgan fingerprint density at radius 2 is 1.84 bits per heavy atom. The number of ether oxygens (including phenoxy) is 1. The van der Waals surface area contributed by atoms with E-state index in [1.807, 2.05) is 37.3 Å². The molecule has 4 nitrogen and oxygen atoms in total. The van der Waals surface area contributed by atoms with Crippen LogP contribution >= 0.6 is 0 Å². The Morgan fingerprint density at radius 1 is 1.16 bits per heavy atom. The maximum absolute atomic E-state index is 12.1. The number of methoxy groups -OCH3 is 1. The number of nitrogens with two attached hydrogens (primary N) is 1. The number of pyridine rings is 1. The Bertz CT molecular complexity index is 615. The number of anilines is 1. The molecule has 0 amide bonds. The highest BCUT2D eigenvalue weighted by Gasteiger charge is 2.08. The van der Waals surface area contributed by atoms with Crippen molar-refractivity contribution in [3.8, 4) is 17.0 Å². The summed E-state index contributed by atoms with van der Waals surface area (Å²) in [4.78, 5) is 12.1. The van der Waals surface area contributed by atoms with Gasteiger partial charge in [-0.15, -0.1) is 0 Å². The lowest BCUT2D eigenvalue weighted by Crippen LogP contribution is -2.24. The van der Waals surface area contributed by atoms with Gasteiger partial charge in [-0.25, -0.2) is 0 Å². The Labute approximate surface area is 112 Å². The molecule has 0 fully saturated rings. The highest BCUT2D eigenvalue weighted by atomic mass is 16.5. The largest absolute Gasteiger partial charge is 0.497 e. The van der Waals surface area contributed by atoms with Crippen molar-refractivity contribution in [1.82, 2.24) is 4.57 Å². The molecule has 0 radical (unpaired) electrons. The van der Waals surface area contributed by atoms with E-state index in [0.29, 0.717) is 6.54 Å². The van der Waals surface area contributed by atoms with E-state index in [0.717, 1.165) is 23.4 Å². The van der Waals surface area contributed by atoms with Crippen LogP contribution in [0, 0.1) is 0 Å². The molecular weight excluding hydrogens is 240 g/mol. The van der Waals surface area contributed by atoms with Gasteiger partial charge >= 0.3 is 0 Å². The molecule has 0 saturated heterocycles. The third-order valence-electron chi connectivity index (χ3n) is 3.04. The molecule has 2 N–H and O–H groups in total. The quantitative estimate of drug-likeness (QED) is 0.916. The minimum absolute atomic E-state index is 0.129. The molecular formula is C15H18N2O2. The first-order valence-electron chi connectivity index (χ1n) is 6.31. The van der Waals surface area contributed by atoms with E-state index in [9.17, 15) is 4.79 Å². The van der Waals surface area contributed by atoms with Crippen molar-refractivity contribution in [2.45, 2.75) is 19.9 Å². The number of hydrogen-bond donors (Lipinski definition) is 1. The zero-order chi connectivity index (χ0) is 13.8. The van der Waals surface area contributed by atoms with Gasteiger partial charge in [0, 0.05) is 6.54 Å². The number of nitrogens with zero attached hydrogens (tertiary/aromatic N) is 1. The van der Waals surface area contributed by atoms with Crippen LogP contribution in [0.15, 0.2) is 41.2 Å². The van der Waals surface area contributed by atoms with Crippen LogP contribution in [0.3, 0.4) is 0 Å². The molecule has 0 aliphatic rings. The van der Waals surface area contributed by atoms with Gasteiger partial charge < -0.3 is 15.0 Å². The molecule has 2 aromatic rings. The van der Waals surface area contributed by atoms with Crippen molar-refractivity contribution in [3.63, 3.8) is 0 Å². The maximum Gasteiger partial charge on any atom is 0.274 e. The van der Waals surface area contributed by atoms with Crippen LogP contribution in [0.5, 0.6) is 5.75 Å². The number of nitrogen functional groups attached to an aromatic ring is 1. The fourth-order valence-electron chi connectivity index (χ4n) is 2.05. The molecule has 19 heavy (non-hydrogen) atoms. The van der Waals surface area contributed by atoms with Gasteiger partial charge in [-0.1, -0.05) is 6.92 Å². The van der Waals surface area contributed by atoms with Crippen molar-refractivity contribution >= 4 is 5.69 Å². The molecule has 100 valence electrons. The van der Waals surface area contributed by atoms with Gasteiger partial charge in [0.2, 0.25) is 0 Å². The average Bonchev–Trinajstić information content (AvgIpc) is 2.44. The molecule has 0 saturated carbocycles. The summed E-state index contributed by atoms with van der Waals surface area (Å²) in [5.74, 6) is 0.795.